The van der Waals surface area contributed by atoms with Crippen LogP contribution in [0, 0.1) is 13.8 Å². The van der Waals surface area contributed by atoms with Crippen LogP contribution in [-0.2, 0) is 0 Å². The molecule has 0 saturated heterocycles. The van der Waals surface area contributed by atoms with Crippen LogP contribution in [0.15, 0.2) is 24.3 Å². The zero-order valence-electron chi connectivity index (χ0n) is 14.0. The van der Waals surface area contributed by atoms with Gasteiger partial charge in [-0.15, -0.1) is 0 Å². The van der Waals surface area contributed by atoms with E-state index in [-0.39, 0.29) is 11.4 Å². The van der Waals surface area contributed by atoms with Crippen LogP contribution in [0.1, 0.15) is 42.5 Å². The first-order chi connectivity index (χ1) is 10.6. The van der Waals surface area contributed by atoms with Gasteiger partial charge < -0.3 is 10.6 Å². The molecule has 0 atom stereocenters. The van der Waals surface area contributed by atoms with Crippen LogP contribution in [0.5, 0.6) is 0 Å². The lowest BCUT2D eigenvalue weighted by molar-refractivity contribution is 0.0914. The highest BCUT2D eigenvalue weighted by Crippen LogP contribution is 2.22. The van der Waals surface area contributed by atoms with Crippen molar-refractivity contribution >= 4 is 29.1 Å². The smallest absolute Gasteiger partial charge is 0.270 e. The third-order valence-electron chi connectivity index (χ3n) is 3.01. The number of rotatable bonds is 3. The first-order valence-electron chi connectivity index (χ1n) is 7.35. The maximum atomic E-state index is 12.3. The number of anilines is 2. The van der Waals surface area contributed by atoms with E-state index in [0.717, 1.165) is 11.3 Å². The SMILES string of the molecule is Cc1cc(C(=O)NC(C)(C)C)nc(Nc2ccc(Cl)cc2C)n1. The van der Waals surface area contributed by atoms with Gasteiger partial charge in [0, 0.05) is 21.9 Å². The molecule has 0 aliphatic carbocycles. The highest BCUT2D eigenvalue weighted by Gasteiger charge is 2.17. The Hall–Kier alpha value is -2.14. The van der Waals surface area contributed by atoms with Crippen LogP contribution in [0.2, 0.25) is 5.02 Å². The van der Waals surface area contributed by atoms with Crippen LogP contribution >= 0.6 is 11.6 Å². The Balaban J connectivity index is 2.28. The van der Waals surface area contributed by atoms with Crippen LogP contribution in [0.3, 0.4) is 0 Å². The molecule has 0 radical (unpaired) electrons. The number of hydrogen-bond donors (Lipinski definition) is 2. The van der Waals surface area contributed by atoms with Crippen molar-refractivity contribution in [2.24, 2.45) is 0 Å². The third kappa shape index (κ3) is 4.93. The number of carbonyl (C=O) groups excluding carboxylic acids is 1. The summed E-state index contributed by atoms with van der Waals surface area (Å²) in [6, 6.07) is 7.17. The van der Waals surface area contributed by atoms with Crippen molar-refractivity contribution in [2.75, 3.05) is 5.32 Å². The van der Waals surface area contributed by atoms with Crippen molar-refractivity contribution in [3.8, 4) is 0 Å². The fourth-order valence-electron chi connectivity index (χ4n) is 2.03. The Labute approximate surface area is 141 Å². The standard InChI is InChI=1S/C17H21ClN4O/c1-10-8-12(18)6-7-13(10)20-16-19-11(2)9-14(21-16)15(23)22-17(3,4)5/h6-9H,1-5H3,(H,22,23)(H,19,20,21). The van der Waals surface area contributed by atoms with Gasteiger partial charge in [0.05, 0.1) is 0 Å². The van der Waals surface area contributed by atoms with Gasteiger partial charge in [-0.05, 0) is 64.4 Å². The van der Waals surface area contributed by atoms with Gasteiger partial charge in [0.25, 0.3) is 5.91 Å². The van der Waals surface area contributed by atoms with E-state index in [9.17, 15) is 4.79 Å². The zero-order chi connectivity index (χ0) is 17.2. The zero-order valence-corrected chi connectivity index (χ0v) is 14.7. The largest absolute Gasteiger partial charge is 0.346 e. The number of nitrogens with one attached hydrogen (secondary N) is 2. The monoisotopic (exact) mass is 332 g/mol. The number of aryl methyl sites for hydroxylation is 2. The summed E-state index contributed by atoms with van der Waals surface area (Å²) >= 11 is 5.96. The van der Waals surface area contributed by atoms with E-state index >= 15 is 0 Å². The number of benzene rings is 1. The van der Waals surface area contributed by atoms with Crippen LogP contribution in [0.25, 0.3) is 0 Å². The predicted molar refractivity (Wildman–Crippen MR) is 93.5 cm³/mol. The van der Waals surface area contributed by atoms with E-state index in [0.29, 0.717) is 22.4 Å². The van der Waals surface area contributed by atoms with Gasteiger partial charge in [-0.3, -0.25) is 4.79 Å². The van der Waals surface area contributed by atoms with Crippen LogP contribution in [-0.4, -0.2) is 21.4 Å². The van der Waals surface area contributed by atoms with Crippen molar-refractivity contribution in [2.45, 2.75) is 40.2 Å². The number of nitrogens with zero attached hydrogens (tertiary/aromatic N) is 2. The van der Waals surface area contributed by atoms with Crippen molar-refractivity contribution in [1.82, 2.24) is 15.3 Å². The molecule has 0 saturated carbocycles. The molecule has 122 valence electrons. The van der Waals surface area contributed by atoms with Gasteiger partial charge in [-0.25, -0.2) is 9.97 Å². The normalized spacial score (nSPS) is 11.2. The van der Waals surface area contributed by atoms with Gasteiger partial charge in [-0.1, -0.05) is 11.6 Å². The topological polar surface area (TPSA) is 66.9 Å². The van der Waals surface area contributed by atoms with Crippen LogP contribution < -0.4 is 10.6 Å². The Morgan fingerprint density at radius 3 is 2.43 bits per heavy atom. The number of aromatic nitrogens is 2. The van der Waals surface area contributed by atoms with Crippen molar-refractivity contribution in [3.63, 3.8) is 0 Å². The molecule has 0 fully saturated rings. The van der Waals surface area contributed by atoms with Crippen molar-refractivity contribution in [3.05, 3.63) is 46.2 Å². The van der Waals surface area contributed by atoms with Gasteiger partial charge in [0.1, 0.15) is 5.69 Å². The molecular weight excluding hydrogens is 312 g/mol. The molecule has 1 amide bonds. The Morgan fingerprint density at radius 1 is 1.13 bits per heavy atom. The molecule has 1 aromatic heterocycles. The molecule has 1 heterocycles. The Kier molecular flexibility index (Phi) is 4.90. The fraction of sp³-hybridized carbons (Fsp3) is 0.353. The minimum atomic E-state index is -0.323. The van der Waals surface area contributed by atoms with E-state index < -0.39 is 0 Å². The second-order valence-electron chi connectivity index (χ2n) is 6.51. The quantitative estimate of drug-likeness (QED) is 0.890. The van der Waals surface area contributed by atoms with E-state index in [1.807, 2.05) is 46.8 Å². The average molecular weight is 333 g/mol. The second-order valence-corrected chi connectivity index (χ2v) is 6.94. The molecule has 2 aromatic rings. The van der Waals surface area contributed by atoms with Crippen molar-refractivity contribution in [1.29, 1.82) is 0 Å². The summed E-state index contributed by atoms with van der Waals surface area (Å²) in [6.45, 7) is 9.55. The summed E-state index contributed by atoms with van der Waals surface area (Å²) in [7, 11) is 0. The number of amides is 1. The molecule has 23 heavy (non-hydrogen) atoms. The molecule has 2 rings (SSSR count). The molecule has 6 heteroatoms. The lowest BCUT2D eigenvalue weighted by Gasteiger charge is -2.20. The average Bonchev–Trinajstić information content (AvgIpc) is 2.39. The number of halogens is 1. The van der Waals surface area contributed by atoms with Gasteiger partial charge in [-0.2, -0.15) is 0 Å². The van der Waals surface area contributed by atoms with E-state index in [1.165, 1.54) is 0 Å². The first-order valence-corrected chi connectivity index (χ1v) is 7.73. The van der Waals surface area contributed by atoms with Crippen LogP contribution in [0.4, 0.5) is 11.6 Å². The predicted octanol–water partition coefficient (Wildman–Crippen LogP) is 4.02. The molecular formula is C17H21ClN4O. The molecule has 2 N–H and O–H groups in total. The maximum absolute atomic E-state index is 12.3. The Bertz CT molecular complexity index is 738. The molecule has 0 unspecified atom stereocenters. The molecule has 0 spiro atoms. The highest BCUT2D eigenvalue weighted by molar-refractivity contribution is 6.30. The third-order valence-corrected chi connectivity index (χ3v) is 3.25. The summed E-state index contributed by atoms with van der Waals surface area (Å²) < 4.78 is 0. The maximum Gasteiger partial charge on any atom is 0.270 e. The fourth-order valence-corrected chi connectivity index (χ4v) is 2.26. The first kappa shape index (κ1) is 17.2. The summed E-state index contributed by atoms with van der Waals surface area (Å²) in [5.74, 6) is 0.161. The summed E-state index contributed by atoms with van der Waals surface area (Å²) in [5.41, 5.74) is 2.55. The molecule has 0 aliphatic heterocycles. The minimum absolute atomic E-state index is 0.223. The molecule has 1 aromatic carbocycles. The van der Waals surface area contributed by atoms with Gasteiger partial charge in [0.15, 0.2) is 0 Å². The summed E-state index contributed by atoms with van der Waals surface area (Å²) in [4.78, 5) is 20.9. The minimum Gasteiger partial charge on any atom is -0.346 e. The lowest BCUT2D eigenvalue weighted by Crippen LogP contribution is -2.41. The highest BCUT2D eigenvalue weighted by atomic mass is 35.5. The summed E-state index contributed by atoms with van der Waals surface area (Å²) in [6.07, 6.45) is 0. The second kappa shape index (κ2) is 6.54. The number of hydrogen-bond acceptors (Lipinski definition) is 4. The Morgan fingerprint density at radius 2 is 1.83 bits per heavy atom. The summed E-state index contributed by atoms with van der Waals surface area (Å²) in [5, 5.41) is 6.71. The van der Waals surface area contributed by atoms with Crippen molar-refractivity contribution < 1.29 is 4.79 Å². The molecule has 5 nitrogen and oxygen atoms in total. The van der Waals surface area contributed by atoms with E-state index in [4.69, 9.17) is 11.6 Å². The van der Waals surface area contributed by atoms with Gasteiger partial charge in [0.2, 0.25) is 5.95 Å². The molecule has 0 bridgehead atoms. The van der Waals surface area contributed by atoms with E-state index in [2.05, 4.69) is 20.6 Å². The van der Waals surface area contributed by atoms with Gasteiger partial charge >= 0.3 is 0 Å². The van der Waals surface area contributed by atoms with E-state index in [1.54, 1.807) is 12.1 Å². The lowest BCUT2D eigenvalue weighted by atomic mass is 10.1. The molecule has 0 aliphatic rings. The number of carbonyl (C=O) groups is 1.